The lowest BCUT2D eigenvalue weighted by Crippen LogP contribution is -2.33. The van der Waals surface area contributed by atoms with Gasteiger partial charge in [0, 0.05) is 25.0 Å². The highest BCUT2D eigenvalue weighted by Gasteiger charge is 2.26. The second-order valence-electron chi connectivity index (χ2n) is 6.44. The van der Waals surface area contributed by atoms with Gasteiger partial charge in [0.2, 0.25) is 10.0 Å². The van der Waals surface area contributed by atoms with Crippen molar-refractivity contribution < 1.29 is 13.2 Å². The van der Waals surface area contributed by atoms with Crippen molar-refractivity contribution in [1.29, 1.82) is 0 Å². The Bertz CT molecular complexity index is 907. The molecule has 0 unspecified atom stereocenters. The fraction of sp³-hybridized carbons (Fsp3) is 0.389. The number of rotatable bonds is 6. The van der Waals surface area contributed by atoms with Gasteiger partial charge in [0.15, 0.2) is 0 Å². The first-order valence-electron chi connectivity index (χ1n) is 8.11. The Kier molecular flexibility index (Phi) is 6.50. The fourth-order valence-electron chi connectivity index (χ4n) is 2.33. The Balaban J connectivity index is 2.35. The maximum Gasteiger partial charge on any atom is 0.255 e. The number of halogens is 1. The Labute approximate surface area is 164 Å². The molecule has 0 fully saturated rings. The van der Waals surface area contributed by atoms with Gasteiger partial charge >= 0.3 is 0 Å². The molecule has 142 valence electrons. The van der Waals surface area contributed by atoms with Gasteiger partial charge in [0.1, 0.15) is 0 Å². The van der Waals surface area contributed by atoms with Crippen LogP contribution < -0.4 is 0 Å². The number of carbonyl (C=O) groups is 1. The fourth-order valence-corrected chi connectivity index (χ4v) is 4.88. The lowest BCUT2D eigenvalue weighted by molar-refractivity contribution is 0.0786. The van der Waals surface area contributed by atoms with Gasteiger partial charge in [-0.2, -0.15) is 4.31 Å². The van der Waals surface area contributed by atoms with Gasteiger partial charge in [-0.05, 0) is 56.0 Å². The van der Waals surface area contributed by atoms with Crippen molar-refractivity contribution in [1.82, 2.24) is 9.21 Å². The van der Waals surface area contributed by atoms with Crippen LogP contribution >= 0.6 is 22.9 Å². The average Bonchev–Trinajstić information content (AvgIpc) is 2.98. The highest BCUT2D eigenvalue weighted by Crippen LogP contribution is 2.25. The number of thiophene rings is 1. The molecule has 8 heteroatoms. The van der Waals surface area contributed by atoms with E-state index in [0.717, 1.165) is 10.4 Å². The Hall–Kier alpha value is -1.41. The molecule has 2 aromatic rings. The van der Waals surface area contributed by atoms with E-state index in [0.29, 0.717) is 6.54 Å². The van der Waals surface area contributed by atoms with E-state index in [1.165, 1.54) is 29.6 Å². The Morgan fingerprint density at radius 1 is 1.23 bits per heavy atom. The summed E-state index contributed by atoms with van der Waals surface area (Å²) >= 11 is 7.77. The van der Waals surface area contributed by atoms with E-state index in [2.05, 4.69) is 0 Å². The highest BCUT2D eigenvalue weighted by molar-refractivity contribution is 7.89. The number of benzene rings is 1. The molecule has 1 aromatic heterocycles. The molecular weight excluding hydrogens is 392 g/mol. The number of sulfonamides is 1. The predicted molar refractivity (Wildman–Crippen MR) is 106 cm³/mol. The van der Waals surface area contributed by atoms with Crippen molar-refractivity contribution in [2.45, 2.75) is 38.3 Å². The Morgan fingerprint density at radius 3 is 2.42 bits per heavy atom. The number of hydrogen-bond donors (Lipinski definition) is 0. The third-order valence-corrected chi connectivity index (χ3v) is 7.63. The lowest BCUT2D eigenvalue weighted by atomic mass is 10.2. The van der Waals surface area contributed by atoms with E-state index in [-0.39, 0.29) is 27.4 Å². The number of aryl methyl sites for hydroxylation is 1. The summed E-state index contributed by atoms with van der Waals surface area (Å²) in [6.07, 6.45) is 0. The largest absolute Gasteiger partial charge is 0.337 e. The quantitative estimate of drug-likeness (QED) is 0.717. The molecule has 2 rings (SSSR count). The van der Waals surface area contributed by atoms with Crippen LogP contribution in [0.3, 0.4) is 0 Å². The summed E-state index contributed by atoms with van der Waals surface area (Å²) in [6.45, 7) is 6.01. The first-order valence-corrected chi connectivity index (χ1v) is 10.8. The van der Waals surface area contributed by atoms with Crippen molar-refractivity contribution in [3.05, 3.63) is 50.7 Å². The van der Waals surface area contributed by atoms with Crippen LogP contribution in [0.4, 0.5) is 0 Å². The first-order chi connectivity index (χ1) is 12.1. The molecule has 26 heavy (non-hydrogen) atoms. The van der Waals surface area contributed by atoms with Gasteiger partial charge in [0.25, 0.3) is 5.91 Å². The molecule has 0 N–H and O–H groups in total. The van der Waals surface area contributed by atoms with Crippen LogP contribution in [-0.2, 0) is 16.6 Å². The summed E-state index contributed by atoms with van der Waals surface area (Å²) in [5.41, 5.74) is 1.30. The zero-order chi connectivity index (χ0) is 19.6. The molecule has 0 aliphatic carbocycles. The SMILES string of the molecule is Cc1ccsc1CN(C)C(=O)c1cc(S(=O)(=O)N(C)C(C)C)ccc1Cl. The molecular formula is C18H23ClN2O3S2. The van der Waals surface area contributed by atoms with Gasteiger partial charge in [-0.15, -0.1) is 11.3 Å². The van der Waals surface area contributed by atoms with Crippen LogP contribution in [0.1, 0.15) is 34.6 Å². The van der Waals surface area contributed by atoms with Crippen LogP contribution in [0.25, 0.3) is 0 Å². The van der Waals surface area contributed by atoms with Crippen LogP contribution in [0.5, 0.6) is 0 Å². The first kappa shape index (κ1) is 20.9. The predicted octanol–water partition coefficient (Wildman–Crippen LogP) is 4.01. The molecule has 0 bridgehead atoms. The number of carbonyl (C=O) groups excluding carboxylic acids is 1. The molecule has 0 saturated carbocycles. The normalized spacial score (nSPS) is 12.0. The second kappa shape index (κ2) is 8.08. The standard InChI is InChI=1S/C18H23ClN2O3S2/c1-12(2)21(5)26(23,24)14-6-7-16(19)15(10-14)18(22)20(4)11-17-13(3)8-9-25-17/h6-10,12H,11H2,1-5H3. The van der Waals surface area contributed by atoms with Crippen LogP contribution in [-0.4, -0.2) is 43.7 Å². The lowest BCUT2D eigenvalue weighted by Gasteiger charge is -2.22. The molecule has 0 aliphatic heterocycles. The smallest absolute Gasteiger partial charge is 0.255 e. The molecule has 0 atom stereocenters. The summed E-state index contributed by atoms with van der Waals surface area (Å²) < 4.78 is 26.6. The average molecular weight is 415 g/mol. The molecule has 0 aliphatic rings. The minimum Gasteiger partial charge on any atom is -0.337 e. The van der Waals surface area contributed by atoms with E-state index < -0.39 is 10.0 Å². The van der Waals surface area contributed by atoms with Gasteiger partial charge in [-0.1, -0.05) is 11.6 Å². The number of hydrogen-bond acceptors (Lipinski definition) is 4. The third kappa shape index (κ3) is 4.28. The minimum atomic E-state index is -3.69. The highest BCUT2D eigenvalue weighted by atomic mass is 35.5. The summed E-state index contributed by atoms with van der Waals surface area (Å²) in [5.74, 6) is -0.313. The maximum absolute atomic E-state index is 12.8. The summed E-state index contributed by atoms with van der Waals surface area (Å²) in [7, 11) is -0.492. The zero-order valence-electron chi connectivity index (χ0n) is 15.5. The van der Waals surface area contributed by atoms with Crippen LogP contribution in [0.15, 0.2) is 34.5 Å². The minimum absolute atomic E-state index is 0.0576. The van der Waals surface area contributed by atoms with Gasteiger partial charge in [-0.25, -0.2) is 8.42 Å². The van der Waals surface area contributed by atoms with E-state index in [1.54, 1.807) is 37.1 Å². The van der Waals surface area contributed by atoms with E-state index >= 15 is 0 Å². The van der Waals surface area contributed by atoms with Crippen LogP contribution in [0, 0.1) is 6.92 Å². The van der Waals surface area contributed by atoms with Crippen LogP contribution in [0.2, 0.25) is 5.02 Å². The molecule has 1 heterocycles. The monoisotopic (exact) mass is 414 g/mol. The summed E-state index contributed by atoms with van der Waals surface area (Å²) in [4.78, 5) is 15.5. The topological polar surface area (TPSA) is 57.7 Å². The Morgan fingerprint density at radius 2 is 1.88 bits per heavy atom. The van der Waals surface area contributed by atoms with E-state index in [4.69, 9.17) is 11.6 Å². The van der Waals surface area contributed by atoms with E-state index in [9.17, 15) is 13.2 Å². The summed E-state index contributed by atoms with van der Waals surface area (Å²) in [6, 6.07) is 6.05. The van der Waals surface area contributed by atoms with Crippen molar-refractivity contribution in [2.75, 3.05) is 14.1 Å². The summed E-state index contributed by atoms with van der Waals surface area (Å²) in [5, 5.41) is 2.21. The second-order valence-corrected chi connectivity index (χ2v) is 9.85. The number of nitrogens with zero attached hydrogens (tertiary/aromatic N) is 2. The van der Waals surface area contributed by atoms with E-state index in [1.807, 2.05) is 18.4 Å². The molecule has 0 radical (unpaired) electrons. The zero-order valence-corrected chi connectivity index (χ0v) is 17.9. The molecule has 5 nitrogen and oxygen atoms in total. The number of amides is 1. The van der Waals surface area contributed by atoms with Crippen molar-refractivity contribution in [2.24, 2.45) is 0 Å². The third-order valence-electron chi connectivity index (χ3n) is 4.27. The molecule has 1 amide bonds. The van der Waals surface area contributed by atoms with Gasteiger partial charge in [-0.3, -0.25) is 4.79 Å². The van der Waals surface area contributed by atoms with Gasteiger partial charge < -0.3 is 4.90 Å². The van der Waals surface area contributed by atoms with Gasteiger partial charge in [0.05, 0.1) is 22.0 Å². The molecule has 1 aromatic carbocycles. The maximum atomic E-state index is 12.8. The van der Waals surface area contributed by atoms with Crippen molar-refractivity contribution in [3.63, 3.8) is 0 Å². The van der Waals surface area contributed by atoms with Crippen molar-refractivity contribution >= 4 is 38.9 Å². The van der Waals surface area contributed by atoms with Crippen molar-refractivity contribution in [3.8, 4) is 0 Å². The molecule has 0 spiro atoms. The molecule has 0 saturated heterocycles.